The van der Waals surface area contributed by atoms with Gasteiger partial charge in [0.25, 0.3) is 0 Å². The number of fused-ring (bicyclic) bond motifs is 1. The number of hydrogen-bond acceptors (Lipinski definition) is 5. The number of thiazole rings is 1. The zero-order valence-corrected chi connectivity index (χ0v) is 12.1. The summed E-state index contributed by atoms with van der Waals surface area (Å²) in [7, 11) is 0. The third kappa shape index (κ3) is 3.47. The molecule has 3 rings (SSSR count). The van der Waals surface area contributed by atoms with E-state index in [2.05, 4.69) is 20.4 Å². The first-order chi connectivity index (χ1) is 10.4. The van der Waals surface area contributed by atoms with Crippen molar-refractivity contribution in [3.05, 3.63) is 18.2 Å². The van der Waals surface area contributed by atoms with Gasteiger partial charge in [-0.2, -0.15) is 0 Å². The number of carbonyl (C=O) groups excluding carboxylic acids is 1. The molecule has 0 aliphatic carbocycles. The van der Waals surface area contributed by atoms with Crippen molar-refractivity contribution in [2.45, 2.75) is 25.2 Å². The number of halogens is 3. The van der Waals surface area contributed by atoms with Crippen LogP contribution in [-0.4, -0.2) is 29.8 Å². The summed E-state index contributed by atoms with van der Waals surface area (Å²) >= 11 is 1.11. The average Bonchev–Trinajstić information content (AvgIpc) is 3.04. The average molecular weight is 331 g/mol. The Balaban J connectivity index is 1.76. The van der Waals surface area contributed by atoms with Crippen LogP contribution in [-0.2, 0) is 4.79 Å². The van der Waals surface area contributed by atoms with Gasteiger partial charge in [-0.15, -0.1) is 13.2 Å². The Bertz CT molecular complexity index is 695. The standard InChI is InChI=1S/C13H12F3N3O2S/c14-13(15,16)21-7-3-4-8-10(6-7)22-12(18-8)19-11(20)9-2-1-5-17-9/h3-4,6,9,17H,1-2,5H2,(H,18,19,20). The molecule has 1 amide bonds. The Hall–Kier alpha value is -1.87. The topological polar surface area (TPSA) is 63.2 Å². The largest absolute Gasteiger partial charge is 0.573 e. The van der Waals surface area contributed by atoms with Crippen molar-refractivity contribution in [1.29, 1.82) is 0 Å². The predicted octanol–water partition coefficient (Wildman–Crippen LogP) is 2.89. The van der Waals surface area contributed by atoms with Crippen LogP contribution in [0.25, 0.3) is 10.2 Å². The van der Waals surface area contributed by atoms with E-state index in [4.69, 9.17) is 0 Å². The lowest BCUT2D eigenvalue weighted by Gasteiger charge is -2.08. The number of anilines is 1. The number of amides is 1. The van der Waals surface area contributed by atoms with Crippen molar-refractivity contribution in [3.8, 4) is 5.75 Å². The van der Waals surface area contributed by atoms with E-state index in [1.54, 1.807) is 0 Å². The van der Waals surface area contributed by atoms with Gasteiger partial charge in [-0.1, -0.05) is 11.3 Å². The van der Waals surface area contributed by atoms with Crippen molar-refractivity contribution in [1.82, 2.24) is 10.3 Å². The molecule has 0 radical (unpaired) electrons. The molecule has 1 fully saturated rings. The van der Waals surface area contributed by atoms with Crippen LogP contribution in [0, 0.1) is 0 Å². The van der Waals surface area contributed by atoms with Gasteiger partial charge >= 0.3 is 6.36 Å². The Labute approximate surface area is 127 Å². The Kier molecular flexibility index (Phi) is 3.92. The molecule has 1 saturated heterocycles. The number of nitrogens with one attached hydrogen (secondary N) is 2. The molecule has 1 unspecified atom stereocenters. The summed E-state index contributed by atoms with van der Waals surface area (Å²) in [6.45, 7) is 0.802. The molecule has 0 spiro atoms. The van der Waals surface area contributed by atoms with E-state index in [1.807, 2.05) is 0 Å². The second-order valence-electron chi connectivity index (χ2n) is 4.83. The van der Waals surface area contributed by atoms with Gasteiger partial charge in [0.15, 0.2) is 5.13 Å². The van der Waals surface area contributed by atoms with Crippen molar-refractivity contribution in [3.63, 3.8) is 0 Å². The molecule has 0 saturated carbocycles. The van der Waals surface area contributed by atoms with Crippen molar-refractivity contribution in [2.75, 3.05) is 11.9 Å². The lowest BCUT2D eigenvalue weighted by atomic mass is 10.2. The summed E-state index contributed by atoms with van der Waals surface area (Å²) in [5, 5.41) is 6.11. The third-order valence-electron chi connectivity index (χ3n) is 3.20. The van der Waals surface area contributed by atoms with Gasteiger partial charge in [0.2, 0.25) is 5.91 Å². The maximum atomic E-state index is 12.2. The first-order valence-electron chi connectivity index (χ1n) is 6.61. The molecule has 22 heavy (non-hydrogen) atoms. The highest BCUT2D eigenvalue weighted by Crippen LogP contribution is 2.31. The second-order valence-corrected chi connectivity index (χ2v) is 5.87. The van der Waals surface area contributed by atoms with Crippen molar-refractivity contribution < 1.29 is 22.7 Å². The zero-order valence-electron chi connectivity index (χ0n) is 11.2. The SMILES string of the molecule is O=C(Nc1nc2ccc(OC(F)(F)F)cc2s1)C1CCCN1. The molecule has 0 bridgehead atoms. The van der Waals surface area contributed by atoms with Crippen LogP contribution in [0.1, 0.15) is 12.8 Å². The van der Waals surface area contributed by atoms with Crippen LogP contribution in [0.2, 0.25) is 0 Å². The molecule has 2 aromatic rings. The van der Waals surface area contributed by atoms with Gasteiger partial charge in [-0.25, -0.2) is 4.98 Å². The summed E-state index contributed by atoms with van der Waals surface area (Å²) in [6, 6.07) is 3.64. The minimum atomic E-state index is -4.73. The number of hydrogen-bond donors (Lipinski definition) is 2. The molecule has 1 aliphatic rings. The van der Waals surface area contributed by atoms with Gasteiger partial charge < -0.3 is 15.4 Å². The molecule has 5 nitrogen and oxygen atoms in total. The number of carbonyl (C=O) groups is 1. The number of ether oxygens (including phenoxy) is 1. The van der Waals surface area contributed by atoms with Crippen LogP contribution < -0.4 is 15.4 Å². The quantitative estimate of drug-likeness (QED) is 0.908. The normalized spacial score (nSPS) is 18.6. The van der Waals surface area contributed by atoms with Crippen LogP contribution in [0.4, 0.5) is 18.3 Å². The maximum absolute atomic E-state index is 12.2. The smallest absolute Gasteiger partial charge is 0.406 e. The molecule has 118 valence electrons. The lowest BCUT2D eigenvalue weighted by Crippen LogP contribution is -2.35. The Morgan fingerprint density at radius 1 is 1.45 bits per heavy atom. The van der Waals surface area contributed by atoms with Gasteiger partial charge in [-0.05, 0) is 31.5 Å². The summed E-state index contributed by atoms with van der Waals surface area (Å²) < 4.78 is 41.0. The molecular weight excluding hydrogens is 319 g/mol. The number of alkyl halides is 3. The fraction of sp³-hybridized carbons (Fsp3) is 0.385. The van der Waals surface area contributed by atoms with Gasteiger partial charge in [0, 0.05) is 6.07 Å². The monoisotopic (exact) mass is 331 g/mol. The highest BCUT2D eigenvalue weighted by atomic mass is 32.1. The summed E-state index contributed by atoms with van der Waals surface area (Å²) in [6.07, 6.45) is -3.03. The zero-order chi connectivity index (χ0) is 15.7. The van der Waals surface area contributed by atoms with Gasteiger partial charge in [0.05, 0.1) is 16.3 Å². The minimum Gasteiger partial charge on any atom is -0.406 e. The number of nitrogens with zero attached hydrogens (tertiary/aromatic N) is 1. The van der Waals surface area contributed by atoms with E-state index < -0.39 is 6.36 Å². The van der Waals surface area contributed by atoms with E-state index in [-0.39, 0.29) is 17.7 Å². The molecule has 9 heteroatoms. The van der Waals surface area contributed by atoms with Gasteiger partial charge in [0.1, 0.15) is 5.75 Å². The summed E-state index contributed by atoms with van der Waals surface area (Å²) in [5.74, 6) is -0.484. The first-order valence-corrected chi connectivity index (χ1v) is 7.43. The maximum Gasteiger partial charge on any atom is 0.573 e. The van der Waals surface area contributed by atoms with Crippen molar-refractivity contribution in [2.24, 2.45) is 0 Å². The minimum absolute atomic E-state index is 0.177. The second kappa shape index (κ2) is 5.73. The molecular formula is C13H12F3N3O2S. The number of aromatic nitrogens is 1. The molecule has 1 aromatic heterocycles. The molecule has 2 heterocycles. The highest BCUT2D eigenvalue weighted by Gasteiger charge is 2.31. The van der Waals surface area contributed by atoms with Crippen LogP contribution in [0.3, 0.4) is 0 Å². The van der Waals surface area contributed by atoms with E-state index in [0.717, 1.165) is 30.7 Å². The van der Waals surface area contributed by atoms with E-state index >= 15 is 0 Å². The number of benzene rings is 1. The fourth-order valence-corrected chi connectivity index (χ4v) is 3.15. The van der Waals surface area contributed by atoms with Crippen LogP contribution >= 0.6 is 11.3 Å². The number of rotatable bonds is 3. The first kappa shape index (κ1) is 15.0. The van der Waals surface area contributed by atoms with Gasteiger partial charge in [-0.3, -0.25) is 4.79 Å². The fourth-order valence-electron chi connectivity index (χ4n) is 2.26. The Morgan fingerprint density at radius 2 is 2.27 bits per heavy atom. The highest BCUT2D eigenvalue weighted by molar-refractivity contribution is 7.22. The van der Waals surface area contributed by atoms with E-state index in [9.17, 15) is 18.0 Å². The molecule has 1 atom stereocenters. The van der Waals surface area contributed by atoms with Crippen LogP contribution in [0.15, 0.2) is 18.2 Å². The predicted molar refractivity (Wildman–Crippen MR) is 76.0 cm³/mol. The van der Waals surface area contributed by atoms with Crippen LogP contribution in [0.5, 0.6) is 5.75 Å². The van der Waals surface area contributed by atoms with E-state index in [0.29, 0.717) is 15.3 Å². The molecule has 1 aliphatic heterocycles. The van der Waals surface area contributed by atoms with Crippen molar-refractivity contribution >= 4 is 32.6 Å². The lowest BCUT2D eigenvalue weighted by molar-refractivity contribution is -0.274. The summed E-state index contributed by atoms with van der Waals surface area (Å²) in [4.78, 5) is 16.1. The molecule has 1 aromatic carbocycles. The van der Waals surface area contributed by atoms with E-state index in [1.165, 1.54) is 18.2 Å². The summed E-state index contributed by atoms with van der Waals surface area (Å²) in [5.41, 5.74) is 0.509. The molecule has 2 N–H and O–H groups in total. The third-order valence-corrected chi connectivity index (χ3v) is 4.13. The Morgan fingerprint density at radius 3 is 2.95 bits per heavy atom.